The van der Waals surface area contributed by atoms with Crippen LogP contribution in [0.2, 0.25) is 0 Å². The zero-order valence-corrected chi connectivity index (χ0v) is 9.26. The molecular formula is C10H18N4. The van der Waals surface area contributed by atoms with Crippen LogP contribution in [0, 0.1) is 12.3 Å². The van der Waals surface area contributed by atoms with Crippen molar-refractivity contribution in [1.29, 1.82) is 0 Å². The minimum Gasteiger partial charge on any atom is -0.383 e. The Morgan fingerprint density at radius 2 is 1.50 bits per heavy atom. The summed E-state index contributed by atoms with van der Waals surface area (Å²) in [6.07, 6.45) is 0.797. The molecule has 0 unspecified atom stereocenters. The fraction of sp³-hybridized carbons (Fsp3) is 0.600. The van der Waals surface area contributed by atoms with E-state index in [1.807, 2.05) is 0 Å². The number of aromatic nitrogens is 2. The van der Waals surface area contributed by atoms with E-state index < -0.39 is 0 Å². The van der Waals surface area contributed by atoms with Crippen molar-refractivity contribution < 1.29 is 0 Å². The van der Waals surface area contributed by atoms with Crippen LogP contribution in [0.25, 0.3) is 0 Å². The molecule has 4 heteroatoms. The minimum atomic E-state index is 0.140. The first-order valence-corrected chi connectivity index (χ1v) is 4.68. The van der Waals surface area contributed by atoms with E-state index in [4.69, 9.17) is 11.5 Å². The van der Waals surface area contributed by atoms with Crippen molar-refractivity contribution in [2.24, 2.45) is 5.41 Å². The van der Waals surface area contributed by atoms with Crippen molar-refractivity contribution in [3.8, 4) is 0 Å². The van der Waals surface area contributed by atoms with Crippen molar-refractivity contribution in [1.82, 2.24) is 9.97 Å². The number of rotatable bonds is 1. The van der Waals surface area contributed by atoms with E-state index in [1.165, 1.54) is 0 Å². The summed E-state index contributed by atoms with van der Waals surface area (Å²) < 4.78 is 0. The Bertz CT molecular complexity index is 315. The Morgan fingerprint density at radius 1 is 1.07 bits per heavy atom. The summed E-state index contributed by atoms with van der Waals surface area (Å²) >= 11 is 0. The maximum Gasteiger partial charge on any atom is 0.132 e. The predicted octanol–water partition coefficient (Wildman–Crippen LogP) is 1.54. The van der Waals surface area contributed by atoms with Gasteiger partial charge in [0, 0.05) is 5.56 Å². The second-order valence-corrected chi connectivity index (χ2v) is 4.76. The molecule has 0 spiro atoms. The molecule has 1 heterocycles. The van der Waals surface area contributed by atoms with Crippen LogP contribution in [0.3, 0.4) is 0 Å². The Balaban J connectivity index is 3.09. The summed E-state index contributed by atoms with van der Waals surface area (Å²) in [5.74, 6) is 1.63. The number of nitrogens with zero attached hydrogens (tertiary/aromatic N) is 2. The predicted molar refractivity (Wildman–Crippen MR) is 58.8 cm³/mol. The smallest absolute Gasteiger partial charge is 0.132 e. The second kappa shape index (κ2) is 3.44. The van der Waals surface area contributed by atoms with Crippen molar-refractivity contribution in [2.75, 3.05) is 11.5 Å². The van der Waals surface area contributed by atoms with Crippen molar-refractivity contribution in [3.63, 3.8) is 0 Å². The van der Waals surface area contributed by atoms with Gasteiger partial charge in [-0.25, -0.2) is 9.97 Å². The number of aryl methyl sites for hydroxylation is 1. The highest BCUT2D eigenvalue weighted by Crippen LogP contribution is 2.26. The first-order chi connectivity index (χ1) is 6.29. The molecule has 0 aliphatic heterocycles. The van der Waals surface area contributed by atoms with Crippen LogP contribution in [0.15, 0.2) is 0 Å². The van der Waals surface area contributed by atoms with Gasteiger partial charge in [0.05, 0.1) is 0 Å². The maximum absolute atomic E-state index is 5.80. The topological polar surface area (TPSA) is 77.8 Å². The lowest BCUT2D eigenvalue weighted by Gasteiger charge is -2.19. The van der Waals surface area contributed by atoms with Crippen LogP contribution >= 0.6 is 0 Å². The van der Waals surface area contributed by atoms with E-state index in [0.29, 0.717) is 17.5 Å². The largest absolute Gasteiger partial charge is 0.383 e. The Labute approximate surface area is 84.7 Å². The van der Waals surface area contributed by atoms with Crippen molar-refractivity contribution in [2.45, 2.75) is 34.1 Å². The molecule has 0 saturated carbocycles. The normalized spacial score (nSPS) is 11.7. The van der Waals surface area contributed by atoms with Gasteiger partial charge >= 0.3 is 0 Å². The standard InChI is InChI=1S/C10H18N4/c1-6-13-8(11)7(9(12)14-6)5-10(2,3)4/h5H2,1-4H3,(H4,11,12,13,14). The van der Waals surface area contributed by atoms with Gasteiger partial charge in [0.2, 0.25) is 0 Å². The van der Waals surface area contributed by atoms with Crippen LogP contribution in [0.4, 0.5) is 11.6 Å². The molecule has 4 N–H and O–H groups in total. The zero-order chi connectivity index (χ0) is 10.9. The fourth-order valence-electron chi connectivity index (χ4n) is 1.35. The number of nitrogen functional groups attached to an aromatic ring is 2. The molecule has 0 atom stereocenters. The lowest BCUT2D eigenvalue weighted by molar-refractivity contribution is 0.411. The van der Waals surface area contributed by atoms with E-state index >= 15 is 0 Å². The average Bonchev–Trinajstić information content (AvgIpc) is 1.95. The number of hydrogen-bond donors (Lipinski definition) is 2. The fourth-order valence-corrected chi connectivity index (χ4v) is 1.35. The molecule has 0 amide bonds. The third kappa shape index (κ3) is 2.58. The van der Waals surface area contributed by atoms with Gasteiger partial charge in [0.25, 0.3) is 0 Å². The molecule has 0 radical (unpaired) electrons. The van der Waals surface area contributed by atoms with Crippen molar-refractivity contribution >= 4 is 11.6 Å². The number of anilines is 2. The summed E-state index contributed by atoms with van der Waals surface area (Å²) in [7, 11) is 0. The monoisotopic (exact) mass is 194 g/mol. The minimum absolute atomic E-state index is 0.140. The first-order valence-electron chi connectivity index (χ1n) is 4.68. The SMILES string of the molecule is Cc1nc(N)c(CC(C)(C)C)c(N)n1. The summed E-state index contributed by atoms with van der Waals surface area (Å²) in [5.41, 5.74) is 12.6. The molecule has 0 saturated heterocycles. The maximum atomic E-state index is 5.80. The van der Waals surface area contributed by atoms with Crippen molar-refractivity contribution in [3.05, 3.63) is 11.4 Å². The summed E-state index contributed by atoms with van der Waals surface area (Å²) in [4.78, 5) is 8.21. The zero-order valence-electron chi connectivity index (χ0n) is 9.26. The van der Waals surface area contributed by atoms with Gasteiger partial charge in [-0.1, -0.05) is 20.8 Å². The highest BCUT2D eigenvalue weighted by atomic mass is 15.0. The van der Waals surface area contributed by atoms with E-state index in [0.717, 1.165) is 12.0 Å². The van der Waals surface area contributed by atoms with E-state index in [9.17, 15) is 0 Å². The van der Waals surface area contributed by atoms with Gasteiger partial charge in [-0.3, -0.25) is 0 Å². The number of hydrogen-bond acceptors (Lipinski definition) is 4. The Hall–Kier alpha value is -1.32. The Kier molecular flexibility index (Phi) is 2.64. The third-order valence-corrected chi connectivity index (χ3v) is 1.89. The van der Waals surface area contributed by atoms with Crippen LogP contribution < -0.4 is 11.5 Å². The first kappa shape index (κ1) is 10.8. The third-order valence-electron chi connectivity index (χ3n) is 1.89. The molecule has 0 aliphatic carbocycles. The molecule has 1 aromatic rings. The van der Waals surface area contributed by atoms with Crippen LogP contribution in [0.5, 0.6) is 0 Å². The van der Waals surface area contributed by atoms with Gasteiger partial charge in [-0.15, -0.1) is 0 Å². The summed E-state index contributed by atoms with van der Waals surface area (Å²) in [5, 5.41) is 0. The van der Waals surface area contributed by atoms with Gasteiger partial charge < -0.3 is 11.5 Å². The van der Waals surface area contributed by atoms with Crippen LogP contribution in [-0.4, -0.2) is 9.97 Å². The molecule has 0 aliphatic rings. The second-order valence-electron chi connectivity index (χ2n) is 4.76. The summed E-state index contributed by atoms with van der Waals surface area (Å²) in [6, 6.07) is 0. The highest BCUT2D eigenvalue weighted by molar-refractivity contribution is 5.53. The highest BCUT2D eigenvalue weighted by Gasteiger charge is 2.17. The van der Waals surface area contributed by atoms with Crippen LogP contribution in [0.1, 0.15) is 32.2 Å². The molecule has 0 aromatic carbocycles. The molecule has 14 heavy (non-hydrogen) atoms. The lowest BCUT2D eigenvalue weighted by Crippen LogP contribution is -2.15. The van der Waals surface area contributed by atoms with Gasteiger partial charge in [-0.2, -0.15) is 0 Å². The van der Waals surface area contributed by atoms with Gasteiger partial charge in [0.15, 0.2) is 0 Å². The molecule has 0 bridgehead atoms. The average molecular weight is 194 g/mol. The van der Waals surface area contributed by atoms with E-state index in [2.05, 4.69) is 30.7 Å². The van der Waals surface area contributed by atoms with E-state index in [1.54, 1.807) is 6.92 Å². The van der Waals surface area contributed by atoms with Crippen LogP contribution in [-0.2, 0) is 6.42 Å². The molecular weight excluding hydrogens is 176 g/mol. The molecule has 1 rings (SSSR count). The number of nitrogens with two attached hydrogens (primary N) is 2. The van der Waals surface area contributed by atoms with Gasteiger partial charge in [-0.05, 0) is 18.8 Å². The molecule has 4 nitrogen and oxygen atoms in total. The molecule has 1 aromatic heterocycles. The molecule has 78 valence electrons. The summed E-state index contributed by atoms with van der Waals surface area (Å²) in [6.45, 7) is 8.18. The molecule has 0 fully saturated rings. The quantitative estimate of drug-likeness (QED) is 0.710. The lowest BCUT2D eigenvalue weighted by atomic mass is 9.88. The van der Waals surface area contributed by atoms with E-state index in [-0.39, 0.29) is 5.41 Å². The van der Waals surface area contributed by atoms with Gasteiger partial charge in [0.1, 0.15) is 17.5 Å². The Morgan fingerprint density at radius 3 is 1.86 bits per heavy atom.